The summed E-state index contributed by atoms with van der Waals surface area (Å²) in [6.07, 6.45) is 4.66. The fourth-order valence-electron chi connectivity index (χ4n) is 6.21. The first kappa shape index (κ1) is 20.0. The average molecular weight is 374 g/mol. The fourth-order valence-corrected chi connectivity index (χ4v) is 6.21. The summed E-state index contributed by atoms with van der Waals surface area (Å²) in [7, 11) is 0. The lowest BCUT2D eigenvalue weighted by Gasteiger charge is -2.50. The third-order valence-corrected chi connectivity index (χ3v) is 7.29. The van der Waals surface area contributed by atoms with Crippen molar-refractivity contribution in [1.82, 2.24) is 0 Å². The summed E-state index contributed by atoms with van der Waals surface area (Å²) in [5.74, 6) is 0.523. The largest absolute Gasteiger partial charge is 0.481 e. The van der Waals surface area contributed by atoms with Gasteiger partial charge >= 0.3 is 5.97 Å². The van der Waals surface area contributed by atoms with Crippen molar-refractivity contribution < 1.29 is 19.1 Å². The molecule has 1 aromatic rings. The molecular formula is C23H31FO3. The molecular weight excluding hydrogens is 343 g/mol. The molecule has 0 amide bonds. The number of hydrogen-bond donors (Lipinski definition) is 1. The summed E-state index contributed by atoms with van der Waals surface area (Å²) in [4.78, 5) is 23.8. The smallest absolute Gasteiger partial charge is 0.303 e. The third-order valence-electron chi connectivity index (χ3n) is 7.29. The number of carboxylic acids is 1. The van der Waals surface area contributed by atoms with Crippen LogP contribution in [0.15, 0.2) is 18.2 Å². The summed E-state index contributed by atoms with van der Waals surface area (Å²) >= 11 is 0. The lowest BCUT2D eigenvalue weighted by Crippen LogP contribution is -2.44. The number of rotatable bonds is 3. The second-order valence-electron chi connectivity index (χ2n) is 8.42. The summed E-state index contributed by atoms with van der Waals surface area (Å²) in [5.41, 5.74) is 1.68. The third kappa shape index (κ3) is 3.32. The standard InChI is InChI=1S/C21H25FO3.C2H6/c1-21-10-9-14-13-3-2-4-17(22)15(13)6-7-16(14)20(21)12(11-18(21)23)5-8-19(24)25;1-2/h2-4,12,14,16,20H,5-11H2,1H3,(H,24,25);1-2H3. The quantitative estimate of drug-likeness (QED) is 0.774. The Morgan fingerprint density at radius 2 is 2.04 bits per heavy atom. The fraction of sp³-hybridized carbons (Fsp3) is 0.652. The normalized spacial score (nSPS) is 34.0. The number of carboxylic acid groups (broad SMARTS) is 1. The van der Waals surface area contributed by atoms with Gasteiger partial charge in [-0.25, -0.2) is 4.39 Å². The van der Waals surface area contributed by atoms with Gasteiger partial charge in [0, 0.05) is 18.3 Å². The lowest BCUT2D eigenvalue weighted by molar-refractivity contribution is -0.137. The highest BCUT2D eigenvalue weighted by atomic mass is 19.1. The molecule has 5 unspecified atom stereocenters. The van der Waals surface area contributed by atoms with E-state index in [9.17, 15) is 14.0 Å². The molecule has 3 aliphatic carbocycles. The molecule has 27 heavy (non-hydrogen) atoms. The van der Waals surface area contributed by atoms with E-state index in [1.54, 1.807) is 12.1 Å². The molecule has 0 heterocycles. The van der Waals surface area contributed by atoms with Crippen LogP contribution in [-0.4, -0.2) is 16.9 Å². The Kier molecular flexibility index (Phi) is 5.73. The minimum atomic E-state index is -0.788. The van der Waals surface area contributed by atoms with Crippen LogP contribution in [0.2, 0.25) is 0 Å². The van der Waals surface area contributed by atoms with Crippen molar-refractivity contribution in [1.29, 1.82) is 0 Å². The molecule has 0 spiro atoms. The minimum absolute atomic E-state index is 0.103. The van der Waals surface area contributed by atoms with Crippen LogP contribution in [0.3, 0.4) is 0 Å². The van der Waals surface area contributed by atoms with E-state index in [0.717, 1.165) is 36.8 Å². The molecule has 4 rings (SSSR count). The van der Waals surface area contributed by atoms with Crippen LogP contribution in [0.5, 0.6) is 0 Å². The molecule has 148 valence electrons. The molecule has 2 fully saturated rings. The molecule has 4 heteroatoms. The number of ketones is 1. The van der Waals surface area contributed by atoms with Crippen LogP contribution in [0.25, 0.3) is 0 Å². The van der Waals surface area contributed by atoms with Gasteiger partial charge in [-0.1, -0.05) is 32.9 Å². The highest BCUT2D eigenvalue weighted by Crippen LogP contribution is 2.62. The van der Waals surface area contributed by atoms with E-state index in [0.29, 0.717) is 30.5 Å². The molecule has 0 aromatic heterocycles. The zero-order valence-electron chi connectivity index (χ0n) is 16.6. The maximum atomic E-state index is 14.2. The minimum Gasteiger partial charge on any atom is -0.481 e. The van der Waals surface area contributed by atoms with Crippen LogP contribution in [0.1, 0.15) is 76.3 Å². The van der Waals surface area contributed by atoms with Gasteiger partial charge in [0.05, 0.1) is 0 Å². The summed E-state index contributed by atoms with van der Waals surface area (Å²) in [5, 5.41) is 9.07. The van der Waals surface area contributed by atoms with E-state index < -0.39 is 5.97 Å². The van der Waals surface area contributed by atoms with Gasteiger partial charge in [-0.05, 0) is 73.0 Å². The lowest BCUT2D eigenvalue weighted by atomic mass is 9.54. The molecule has 1 N–H and O–H groups in total. The van der Waals surface area contributed by atoms with Crippen molar-refractivity contribution in [3.05, 3.63) is 35.1 Å². The highest BCUT2D eigenvalue weighted by Gasteiger charge is 2.58. The molecule has 0 saturated heterocycles. The Balaban J connectivity index is 0.00000102. The number of Topliss-reactive ketones (excluding diaryl/α,β-unsaturated/α-hetero) is 1. The van der Waals surface area contributed by atoms with Gasteiger partial charge < -0.3 is 5.11 Å². The van der Waals surface area contributed by atoms with Gasteiger partial charge in [-0.2, -0.15) is 0 Å². The molecule has 0 radical (unpaired) electrons. The molecule has 0 aliphatic heterocycles. The number of hydrogen-bond acceptors (Lipinski definition) is 2. The van der Waals surface area contributed by atoms with E-state index in [1.807, 2.05) is 13.8 Å². The topological polar surface area (TPSA) is 54.4 Å². The van der Waals surface area contributed by atoms with Crippen molar-refractivity contribution in [2.75, 3.05) is 0 Å². The Morgan fingerprint density at radius 3 is 2.74 bits per heavy atom. The van der Waals surface area contributed by atoms with E-state index in [2.05, 4.69) is 13.0 Å². The van der Waals surface area contributed by atoms with Crippen LogP contribution < -0.4 is 0 Å². The zero-order valence-corrected chi connectivity index (χ0v) is 16.6. The van der Waals surface area contributed by atoms with Crippen LogP contribution >= 0.6 is 0 Å². The van der Waals surface area contributed by atoms with E-state index in [-0.39, 0.29) is 29.5 Å². The highest BCUT2D eigenvalue weighted by molar-refractivity contribution is 5.87. The first-order chi connectivity index (χ1) is 12.9. The van der Waals surface area contributed by atoms with Gasteiger partial charge in [0.15, 0.2) is 0 Å². The van der Waals surface area contributed by atoms with E-state index in [1.165, 1.54) is 0 Å². The number of halogens is 1. The average Bonchev–Trinajstić information content (AvgIpc) is 2.92. The Morgan fingerprint density at radius 1 is 1.30 bits per heavy atom. The van der Waals surface area contributed by atoms with Crippen molar-refractivity contribution in [3.63, 3.8) is 0 Å². The second-order valence-corrected chi connectivity index (χ2v) is 8.42. The maximum Gasteiger partial charge on any atom is 0.303 e. The first-order valence-corrected chi connectivity index (χ1v) is 10.4. The van der Waals surface area contributed by atoms with Crippen molar-refractivity contribution in [3.8, 4) is 0 Å². The molecule has 2 saturated carbocycles. The summed E-state index contributed by atoms with van der Waals surface area (Å²) < 4.78 is 14.2. The molecule has 5 atom stereocenters. The Hall–Kier alpha value is -1.71. The second kappa shape index (κ2) is 7.73. The van der Waals surface area contributed by atoms with Crippen molar-refractivity contribution >= 4 is 11.8 Å². The number of fused-ring (bicyclic) bond motifs is 5. The van der Waals surface area contributed by atoms with Gasteiger partial charge in [-0.3, -0.25) is 9.59 Å². The van der Waals surface area contributed by atoms with Gasteiger partial charge in [0.25, 0.3) is 0 Å². The predicted octanol–water partition coefficient (Wildman–Crippen LogP) is 5.37. The summed E-state index contributed by atoms with van der Waals surface area (Å²) in [6.45, 7) is 6.10. The predicted molar refractivity (Wildman–Crippen MR) is 103 cm³/mol. The molecule has 0 bridgehead atoms. The summed E-state index contributed by atoms with van der Waals surface area (Å²) in [6, 6.07) is 5.40. The van der Waals surface area contributed by atoms with Crippen molar-refractivity contribution in [2.24, 2.45) is 23.2 Å². The molecule has 1 aromatic carbocycles. The van der Waals surface area contributed by atoms with Crippen LogP contribution in [0, 0.1) is 29.0 Å². The Bertz CT molecular complexity index is 728. The number of benzene rings is 1. The maximum absolute atomic E-state index is 14.2. The number of carbonyl (C=O) groups is 2. The Labute approximate surface area is 161 Å². The van der Waals surface area contributed by atoms with E-state index in [4.69, 9.17) is 5.11 Å². The van der Waals surface area contributed by atoms with E-state index >= 15 is 0 Å². The van der Waals surface area contributed by atoms with Crippen LogP contribution in [0.4, 0.5) is 4.39 Å². The first-order valence-electron chi connectivity index (χ1n) is 10.4. The SMILES string of the molecule is CC.CC12CCC3c4cccc(F)c4CCC3C1C(CCC(=O)O)CC2=O. The van der Waals surface area contributed by atoms with Gasteiger partial charge in [0.2, 0.25) is 0 Å². The van der Waals surface area contributed by atoms with Crippen LogP contribution in [-0.2, 0) is 16.0 Å². The molecule has 3 aliphatic rings. The monoisotopic (exact) mass is 374 g/mol. The molecule has 3 nitrogen and oxygen atoms in total. The van der Waals surface area contributed by atoms with Gasteiger partial charge in [0.1, 0.15) is 11.6 Å². The van der Waals surface area contributed by atoms with Gasteiger partial charge in [-0.15, -0.1) is 0 Å². The zero-order chi connectivity index (χ0) is 19.8. The number of aliphatic carboxylic acids is 1. The van der Waals surface area contributed by atoms with Crippen molar-refractivity contribution in [2.45, 2.75) is 71.6 Å². The number of carbonyl (C=O) groups excluding carboxylic acids is 1.